The molecule has 0 bridgehead atoms. The summed E-state index contributed by atoms with van der Waals surface area (Å²) in [5.41, 5.74) is 1.99. The third-order valence-corrected chi connectivity index (χ3v) is 5.14. The van der Waals surface area contributed by atoms with Gasteiger partial charge in [0.1, 0.15) is 4.88 Å². The lowest BCUT2D eigenvalue weighted by Crippen LogP contribution is -2.33. The van der Waals surface area contributed by atoms with Crippen LogP contribution in [0.15, 0.2) is 72.8 Å². The lowest BCUT2D eigenvalue weighted by Gasteiger charge is -2.19. The van der Waals surface area contributed by atoms with E-state index in [2.05, 4.69) is 5.32 Å². The van der Waals surface area contributed by atoms with E-state index in [1.807, 2.05) is 60.7 Å². The van der Waals surface area contributed by atoms with E-state index < -0.39 is 23.4 Å². The topological polar surface area (TPSA) is 98.5 Å². The van der Waals surface area contributed by atoms with Crippen LogP contribution < -0.4 is 5.32 Å². The Hall–Kier alpha value is -3.52. The number of thiophene rings is 1. The van der Waals surface area contributed by atoms with Crippen molar-refractivity contribution < 1.29 is 19.2 Å². The fourth-order valence-electron chi connectivity index (χ4n) is 2.76. The summed E-state index contributed by atoms with van der Waals surface area (Å²) in [6.45, 7) is -0.470. The number of benzene rings is 2. The summed E-state index contributed by atoms with van der Waals surface area (Å²) < 4.78 is 5.01. The summed E-state index contributed by atoms with van der Waals surface area (Å²) in [5, 5.41) is 13.4. The van der Waals surface area contributed by atoms with Gasteiger partial charge >= 0.3 is 11.0 Å². The van der Waals surface area contributed by atoms with Crippen molar-refractivity contribution in [1.82, 2.24) is 5.32 Å². The first-order valence-electron chi connectivity index (χ1n) is 8.82. The first-order valence-corrected chi connectivity index (χ1v) is 9.64. The average Bonchev–Trinajstić information content (AvgIpc) is 3.24. The van der Waals surface area contributed by atoms with E-state index in [0.717, 1.165) is 11.1 Å². The van der Waals surface area contributed by atoms with Crippen molar-refractivity contribution in [3.8, 4) is 0 Å². The van der Waals surface area contributed by atoms with Gasteiger partial charge in [0.15, 0.2) is 6.61 Å². The molecule has 0 saturated heterocycles. The van der Waals surface area contributed by atoms with Crippen molar-refractivity contribution >= 4 is 28.2 Å². The number of hydrogen-bond donors (Lipinski definition) is 1. The number of nitrogens with zero attached hydrogens (tertiary/aromatic N) is 1. The van der Waals surface area contributed by atoms with Crippen LogP contribution in [0.1, 0.15) is 26.8 Å². The Kier molecular flexibility index (Phi) is 6.70. The van der Waals surface area contributed by atoms with Gasteiger partial charge in [-0.15, -0.1) is 0 Å². The van der Waals surface area contributed by atoms with E-state index >= 15 is 0 Å². The molecule has 1 heterocycles. The van der Waals surface area contributed by atoms with E-state index in [1.165, 1.54) is 12.1 Å². The van der Waals surface area contributed by atoms with Crippen LogP contribution in [0.25, 0.3) is 0 Å². The highest BCUT2D eigenvalue weighted by Gasteiger charge is 2.19. The maximum Gasteiger partial charge on any atom is 0.349 e. The summed E-state index contributed by atoms with van der Waals surface area (Å²) >= 11 is 0.708. The number of esters is 1. The fourth-order valence-corrected chi connectivity index (χ4v) is 3.48. The van der Waals surface area contributed by atoms with E-state index in [9.17, 15) is 19.7 Å². The Labute approximate surface area is 171 Å². The molecule has 0 aliphatic carbocycles. The third kappa shape index (κ3) is 5.73. The molecular formula is C21H18N2O5S. The number of nitrogens with one attached hydrogen (secondary N) is 1. The van der Waals surface area contributed by atoms with Gasteiger partial charge in [0, 0.05) is 6.07 Å². The van der Waals surface area contributed by atoms with Crippen molar-refractivity contribution in [2.75, 3.05) is 6.61 Å². The van der Waals surface area contributed by atoms with Crippen LogP contribution in [-0.2, 0) is 16.0 Å². The minimum Gasteiger partial charge on any atom is -0.451 e. The SMILES string of the molecule is O=C(COC(=O)c1ccc([N+](=O)[O-])s1)N[C@@H](Cc1ccccc1)c1ccccc1. The van der Waals surface area contributed by atoms with Crippen LogP contribution in [-0.4, -0.2) is 23.4 Å². The number of carbonyl (C=O) groups excluding carboxylic acids is 2. The van der Waals surface area contributed by atoms with Gasteiger partial charge < -0.3 is 10.1 Å². The Balaban J connectivity index is 1.62. The minimum atomic E-state index is -0.766. The predicted octanol–water partition coefficient (Wildman–Crippen LogP) is 3.91. The maximum absolute atomic E-state index is 12.4. The van der Waals surface area contributed by atoms with Crippen LogP contribution in [0, 0.1) is 10.1 Å². The normalized spacial score (nSPS) is 11.4. The van der Waals surface area contributed by atoms with Gasteiger partial charge in [0.2, 0.25) is 0 Å². The molecule has 2 aromatic carbocycles. The molecule has 1 atom stereocenters. The largest absolute Gasteiger partial charge is 0.451 e. The molecule has 0 spiro atoms. The fraction of sp³-hybridized carbons (Fsp3) is 0.143. The summed E-state index contributed by atoms with van der Waals surface area (Å²) in [4.78, 5) is 34.6. The maximum atomic E-state index is 12.4. The van der Waals surface area contributed by atoms with Gasteiger partial charge in [-0.3, -0.25) is 14.9 Å². The van der Waals surface area contributed by atoms with E-state index in [-0.39, 0.29) is 15.9 Å². The van der Waals surface area contributed by atoms with Crippen LogP contribution >= 0.6 is 11.3 Å². The summed E-state index contributed by atoms with van der Waals surface area (Å²) in [6.07, 6.45) is 0.585. The van der Waals surface area contributed by atoms with Crippen LogP contribution in [0.4, 0.5) is 5.00 Å². The van der Waals surface area contributed by atoms with Crippen molar-refractivity contribution in [1.29, 1.82) is 0 Å². The second kappa shape index (κ2) is 9.61. The monoisotopic (exact) mass is 410 g/mol. The molecule has 29 heavy (non-hydrogen) atoms. The second-order valence-electron chi connectivity index (χ2n) is 6.19. The Morgan fingerprint density at radius 3 is 2.28 bits per heavy atom. The van der Waals surface area contributed by atoms with Crippen molar-refractivity contribution in [2.45, 2.75) is 12.5 Å². The quantitative estimate of drug-likeness (QED) is 0.345. The molecule has 0 saturated carbocycles. The van der Waals surface area contributed by atoms with Gasteiger partial charge in [0.25, 0.3) is 5.91 Å². The highest BCUT2D eigenvalue weighted by atomic mass is 32.1. The first-order chi connectivity index (χ1) is 14.0. The van der Waals surface area contributed by atoms with Crippen LogP contribution in [0.3, 0.4) is 0 Å². The molecule has 0 radical (unpaired) electrons. The van der Waals surface area contributed by atoms with Gasteiger partial charge in [-0.05, 0) is 23.6 Å². The van der Waals surface area contributed by atoms with Crippen molar-refractivity contribution in [3.63, 3.8) is 0 Å². The Morgan fingerprint density at radius 1 is 1.00 bits per heavy atom. The lowest BCUT2D eigenvalue weighted by molar-refractivity contribution is -0.380. The Morgan fingerprint density at radius 2 is 1.66 bits per heavy atom. The van der Waals surface area contributed by atoms with Crippen molar-refractivity contribution in [3.05, 3.63) is 98.9 Å². The summed E-state index contributed by atoms with van der Waals surface area (Å²) in [6, 6.07) is 21.5. The molecule has 0 aliphatic heterocycles. The number of hydrogen-bond acceptors (Lipinski definition) is 6. The first kappa shape index (κ1) is 20.2. The number of rotatable bonds is 8. The molecule has 148 valence electrons. The zero-order valence-corrected chi connectivity index (χ0v) is 16.1. The van der Waals surface area contributed by atoms with E-state index in [0.29, 0.717) is 17.8 Å². The van der Waals surface area contributed by atoms with Crippen molar-refractivity contribution in [2.24, 2.45) is 0 Å². The van der Waals surface area contributed by atoms with Crippen LogP contribution in [0.5, 0.6) is 0 Å². The smallest absolute Gasteiger partial charge is 0.349 e. The molecule has 0 fully saturated rings. The van der Waals surface area contributed by atoms with Gasteiger partial charge in [-0.25, -0.2) is 4.79 Å². The number of ether oxygens (including phenoxy) is 1. The number of amides is 1. The lowest BCUT2D eigenvalue weighted by atomic mass is 9.99. The molecule has 3 aromatic rings. The molecule has 0 unspecified atom stereocenters. The van der Waals surface area contributed by atoms with Gasteiger partial charge in [-0.1, -0.05) is 72.0 Å². The predicted molar refractivity (Wildman–Crippen MR) is 109 cm³/mol. The van der Waals surface area contributed by atoms with E-state index in [1.54, 1.807) is 0 Å². The molecular weight excluding hydrogens is 392 g/mol. The highest BCUT2D eigenvalue weighted by molar-refractivity contribution is 7.17. The highest BCUT2D eigenvalue weighted by Crippen LogP contribution is 2.24. The number of nitro groups is 1. The number of carbonyl (C=O) groups is 2. The molecule has 8 heteroatoms. The standard InChI is InChI=1S/C21H18N2O5S/c24-19(14-28-21(25)18-11-12-20(29-18)23(26)27)22-17(16-9-5-2-6-10-16)13-15-7-3-1-4-8-15/h1-12,17H,13-14H2,(H,22,24)/t17-/m0/s1. The molecule has 0 aliphatic rings. The van der Waals surface area contributed by atoms with Gasteiger partial charge in [0.05, 0.1) is 11.0 Å². The van der Waals surface area contributed by atoms with Gasteiger partial charge in [-0.2, -0.15) is 0 Å². The zero-order chi connectivity index (χ0) is 20.6. The molecule has 7 nitrogen and oxygen atoms in total. The zero-order valence-electron chi connectivity index (χ0n) is 15.3. The molecule has 3 rings (SSSR count). The molecule has 1 N–H and O–H groups in total. The Bertz CT molecular complexity index is 989. The summed E-state index contributed by atoms with van der Waals surface area (Å²) in [5.74, 6) is -1.22. The van der Waals surface area contributed by atoms with E-state index in [4.69, 9.17) is 4.74 Å². The second-order valence-corrected chi connectivity index (χ2v) is 7.25. The average molecular weight is 410 g/mol. The third-order valence-electron chi connectivity index (χ3n) is 4.13. The summed E-state index contributed by atoms with van der Waals surface area (Å²) in [7, 11) is 0. The van der Waals surface area contributed by atoms with Crippen LogP contribution in [0.2, 0.25) is 0 Å². The minimum absolute atomic E-state index is 0.0772. The molecule has 1 aromatic heterocycles. The molecule has 1 amide bonds.